The molecule has 26 heavy (non-hydrogen) atoms. The number of rotatable bonds is 5. The summed E-state index contributed by atoms with van der Waals surface area (Å²) in [5, 5.41) is 25.3. The predicted octanol–water partition coefficient (Wildman–Crippen LogP) is 3.59. The fourth-order valence-corrected chi connectivity index (χ4v) is 3.02. The number of amides is 1. The van der Waals surface area contributed by atoms with Crippen molar-refractivity contribution >= 4 is 29.2 Å². The number of halogens is 1. The molecule has 0 bridgehead atoms. The number of aromatic hydroxyl groups is 1. The first-order valence-corrected chi connectivity index (χ1v) is 8.48. The van der Waals surface area contributed by atoms with Gasteiger partial charge in [-0.3, -0.25) is 9.59 Å². The Morgan fingerprint density at radius 1 is 1.12 bits per heavy atom. The average molecular weight is 373 g/mol. The summed E-state index contributed by atoms with van der Waals surface area (Å²) in [7, 11) is 0. The van der Waals surface area contributed by atoms with E-state index in [-0.39, 0.29) is 18.6 Å². The van der Waals surface area contributed by atoms with E-state index in [0.29, 0.717) is 22.7 Å². The van der Waals surface area contributed by atoms with Gasteiger partial charge >= 0.3 is 5.97 Å². The van der Waals surface area contributed by atoms with Crippen molar-refractivity contribution in [3.05, 3.63) is 64.7 Å². The van der Waals surface area contributed by atoms with Crippen LogP contribution in [0.1, 0.15) is 36.4 Å². The van der Waals surface area contributed by atoms with E-state index in [9.17, 15) is 14.7 Å². The molecule has 1 aliphatic rings. The number of hydrazone groups is 1. The number of hydrogen-bond donors (Lipinski definition) is 2. The minimum absolute atomic E-state index is 0.0705. The summed E-state index contributed by atoms with van der Waals surface area (Å²) in [6, 6.07) is 13.4. The number of phenols is 1. The van der Waals surface area contributed by atoms with Crippen molar-refractivity contribution in [2.45, 2.75) is 25.3 Å². The largest absolute Gasteiger partial charge is 0.508 e. The second-order valence-electron chi connectivity index (χ2n) is 5.96. The van der Waals surface area contributed by atoms with Gasteiger partial charge in [0, 0.05) is 23.4 Å². The van der Waals surface area contributed by atoms with Gasteiger partial charge in [0.1, 0.15) is 5.75 Å². The third-order valence-electron chi connectivity index (χ3n) is 4.19. The van der Waals surface area contributed by atoms with Gasteiger partial charge in [-0.2, -0.15) is 5.10 Å². The molecule has 3 rings (SSSR count). The van der Waals surface area contributed by atoms with E-state index in [0.717, 1.165) is 5.56 Å². The van der Waals surface area contributed by atoms with Gasteiger partial charge in [-0.1, -0.05) is 41.9 Å². The molecule has 2 N–H and O–H groups in total. The number of benzene rings is 2. The minimum Gasteiger partial charge on any atom is -0.508 e. The Morgan fingerprint density at radius 3 is 2.46 bits per heavy atom. The quantitative estimate of drug-likeness (QED) is 0.839. The number of hydrogen-bond acceptors (Lipinski definition) is 4. The Morgan fingerprint density at radius 2 is 1.81 bits per heavy atom. The highest BCUT2D eigenvalue weighted by atomic mass is 35.5. The third kappa shape index (κ3) is 3.86. The lowest BCUT2D eigenvalue weighted by atomic mass is 9.97. The van der Waals surface area contributed by atoms with E-state index in [2.05, 4.69) is 5.10 Å². The van der Waals surface area contributed by atoms with Crippen LogP contribution in [0.4, 0.5) is 0 Å². The van der Waals surface area contributed by atoms with Crippen LogP contribution in [0.25, 0.3) is 0 Å². The standard InChI is InChI=1S/C19H17ClN2O4/c20-13-7-5-12(6-8-13)15-11-16(14-3-1-2-4-17(14)23)22(21-15)18(24)9-10-19(25)26/h1-8,16,23H,9-11H2,(H,25,26)/t16-/m0/s1. The summed E-state index contributed by atoms with van der Waals surface area (Å²) in [6.45, 7) is 0. The Labute approximate surface area is 155 Å². The highest BCUT2D eigenvalue weighted by molar-refractivity contribution is 6.30. The van der Waals surface area contributed by atoms with Crippen LogP contribution in [0.15, 0.2) is 53.6 Å². The number of aliphatic carboxylic acids is 1. The van der Waals surface area contributed by atoms with Crippen LogP contribution in [0.2, 0.25) is 5.02 Å². The highest BCUT2D eigenvalue weighted by Crippen LogP contribution is 2.37. The zero-order valence-corrected chi connectivity index (χ0v) is 14.6. The van der Waals surface area contributed by atoms with Gasteiger partial charge in [-0.15, -0.1) is 0 Å². The molecule has 0 aromatic heterocycles. The minimum atomic E-state index is -1.04. The molecule has 0 fully saturated rings. The van der Waals surface area contributed by atoms with Crippen molar-refractivity contribution in [2.75, 3.05) is 0 Å². The molecule has 0 spiro atoms. The Bertz CT molecular complexity index is 864. The Balaban J connectivity index is 1.93. The van der Waals surface area contributed by atoms with Crippen molar-refractivity contribution in [3.63, 3.8) is 0 Å². The van der Waals surface area contributed by atoms with Gasteiger partial charge in [0.15, 0.2) is 0 Å². The maximum Gasteiger partial charge on any atom is 0.303 e. The van der Waals surface area contributed by atoms with Gasteiger partial charge < -0.3 is 10.2 Å². The Kier molecular flexibility index (Phi) is 5.23. The molecule has 0 radical (unpaired) electrons. The fourth-order valence-electron chi connectivity index (χ4n) is 2.90. The lowest BCUT2D eigenvalue weighted by Crippen LogP contribution is -2.27. The second kappa shape index (κ2) is 7.58. The summed E-state index contributed by atoms with van der Waals surface area (Å²) in [4.78, 5) is 23.3. The molecule has 134 valence electrons. The monoisotopic (exact) mass is 372 g/mol. The number of nitrogens with zero attached hydrogens (tertiary/aromatic N) is 2. The number of para-hydroxylation sites is 1. The molecule has 2 aromatic carbocycles. The molecule has 2 aromatic rings. The van der Waals surface area contributed by atoms with Crippen LogP contribution in [0.5, 0.6) is 5.75 Å². The Hall–Kier alpha value is -2.86. The van der Waals surface area contributed by atoms with Crippen molar-refractivity contribution in [3.8, 4) is 5.75 Å². The van der Waals surface area contributed by atoms with Crippen LogP contribution in [-0.2, 0) is 9.59 Å². The predicted molar refractivity (Wildman–Crippen MR) is 97.2 cm³/mol. The maximum absolute atomic E-state index is 12.5. The average Bonchev–Trinajstić information content (AvgIpc) is 3.06. The first-order chi connectivity index (χ1) is 12.5. The smallest absolute Gasteiger partial charge is 0.303 e. The number of carboxylic acids is 1. The third-order valence-corrected chi connectivity index (χ3v) is 4.44. The number of carbonyl (C=O) groups excluding carboxylic acids is 1. The van der Waals surface area contributed by atoms with E-state index < -0.39 is 17.9 Å². The first-order valence-electron chi connectivity index (χ1n) is 8.11. The molecule has 1 atom stereocenters. The molecule has 0 aliphatic carbocycles. The van der Waals surface area contributed by atoms with Gasteiger partial charge in [-0.25, -0.2) is 5.01 Å². The van der Waals surface area contributed by atoms with E-state index >= 15 is 0 Å². The van der Waals surface area contributed by atoms with Crippen LogP contribution in [-0.4, -0.2) is 32.8 Å². The van der Waals surface area contributed by atoms with Gasteiger partial charge in [0.05, 0.1) is 18.2 Å². The van der Waals surface area contributed by atoms with Crippen molar-refractivity contribution in [1.29, 1.82) is 0 Å². The van der Waals surface area contributed by atoms with Crippen molar-refractivity contribution in [1.82, 2.24) is 5.01 Å². The number of phenolic OH excluding ortho intramolecular Hbond substituents is 1. The van der Waals surface area contributed by atoms with Gasteiger partial charge in [0.25, 0.3) is 0 Å². The molecular formula is C19H17ClN2O4. The number of carboxylic acid groups (broad SMARTS) is 1. The zero-order chi connectivity index (χ0) is 18.7. The van der Waals surface area contributed by atoms with Crippen LogP contribution < -0.4 is 0 Å². The fraction of sp³-hybridized carbons (Fsp3) is 0.211. The van der Waals surface area contributed by atoms with E-state index in [1.807, 2.05) is 12.1 Å². The SMILES string of the molecule is O=C(O)CCC(=O)N1N=C(c2ccc(Cl)cc2)C[C@H]1c1ccccc1O. The molecule has 6 nitrogen and oxygen atoms in total. The van der Waals surface area contributed by atoms with E-state index in [1.54, 1.807) is 36.4 Å². The van der Waals surface area contributed by atoms with E-state index in [4.69, 9.17) is 16.7 Å². The van der Waals surface area contributed by atoms with E-state index in [1.165, 1.54) is 5.01 Å². The summed E-state index contributed by atoms with van der Waals surface area (Å²) in [6.07, 6.45) is -0.0104. The number of carbonyl (C=O) groups is 2. The molecular weight excluding hydrogens is 356 g/mol. The first kappa shape index (κ1) is 17.9. The lowest BCUT2D eigenvalue weighted by Gasteiger charge is -2.22. The zero-order valence-electron chi connectivity index (χ0n) is 13.8. The molecule has 0 saturated carbocycles. The maximum atomic E-state index is 12.5. The molecule has 7 heteroatoms. The second-order valence-corrected chi connectivity index (χ2v) is 6.40. The van der Waals surface area contributed by atoms with Crippen molar-refractivity contribution < 1.29 is 19.8 Å². The highest BCUT2D eigenvalue weighted by Gasteiger charge is 2.34. The summed E-state index contributed by atoms with van der Waals surface area (Å²) in [5.74, 6) is -1.37. The van der Waals surface area contributed by atoms with Crippen molar-refractivity contribution in [2.24, 2.45) is 5.10 Å². The van der Waals surface area contributed by atoms with Crippen LogP contribution in [0, 0.1) is 0 Å². The summed E-state index contributed by atoms with van der Waals surface area (Å²) in [5.41, 5.74) is 2.07. The molecule has 0 saturated heterocycles. The summed E-state index contributed by atoms with van der Waals surface area (Å²) < 4.78 is 0. The lowest BCUT2D eigenvalue weighted by molar-refractivity contribution is -0.141. The summed E-state index contributed by atoms with van der Waals surface area (Å²) >= 11 is 5.92. The molecule has 0 unspecified atom stereocenters. The van der Waals surface area contributed by atoms with Gasteiger partial charge in [-0.05, 0) is 23.8 Å². The van der Waals surface area contributed by atoms with Gasteiger partial charge in [0.2, 0.25) is 5.91 Å². The van der Waals surface area contributed by atoms with Crippen LogP contribution >= 0.6 is 11.6 Å². The normalized spacial score (nSPS) is 16.4. The molecule has 1 heterocycles. The van der Waals surface area contributed by atoms with Crippen LogP contribution in [0.3, 0.4) is 0 Å². The molecule has 1 aliphatic heterocycles. The topological polar surface area (TPSA) is 90.2 Å². The molecule has 1 amide bonds.